The Bertz CT molecular complexity index is 382. The summed E-state index contributed by atoms with van der Waals surface area (Å²) in [7, 11) is 1.66. The number of nitrogens with one attached hydrogen (secondary N) is 1. The molecule has 1 aromatic heterocycles. The Hall–Kier alpha value is -1.43. The zero-order valence-electron chi connectivity index (χ0n) is 11.6. The summed E-state index contributed by atoms with van der Waals surface area (Å²) in [5.74, 6) is 0.909. The Balaban J connectivity index is 2.40. The summed E-state index contributed by atoms with van der Waals surface area (Å²) < 4.78 is 6.95. The summed E-state index contributed by atoms with van der Waals surface area (Å²) in [5, 5.41) is 10.8. The van der Waals surface area contributed by atoms with Crippen molar-refractivity contribution >= 4 is 5.91 Å². The molecule has 1 rings (SSSR count). The minimum atomic E-state index is -0.357. The first-order valence-corrected chi connectivity index (χ1v) is 6.09. The molecule has 0 aliphatic heterocycles. The number of ether oxygens (including phenoxy) is 1. The van der Waals surface area contributed by atoms with E-state index in [1.807, 2.05) is 25.3 Å². The van der Waals surface area contributed by atoms with Gasteiger partial charge in [-0.05, 0) is 0 Å². The molecule has 0 spiro atoms. The molecule has 0 aliphatic carbocycles. The summed E-state index contributed by atoms with van der Waals surface area (Å²) in [4.78, 5) is 11.7. The van der Waals surface area contributed by atoms with Crippen LogP contribution in [0, 0.1) is 5.41 Å². The van der Waals surface area contributed by atoms with Crippen LogP contribution in [0.5, 0.6) is 0 Å². The van der Waals surface area contributed by atoms with Crippen LogP contribution in [0.1, 0.15) is 26.6 Å². The third-order valence-corrected chi connectivity index (χ3v) is 2.55. The van der Waals surface area contributed by atoms with E-state index in [9.17, 15) is 4.79 Å². The molecule has 1 amide bonds. The molecule has 1 heterocycles. The van der Waals surface area contributed by atoms with Gasteiger partial charge in [0.25, 0.3) is 0 Å². The Kier molecular flexibility index (Phi) is 5.27. The normalized spacial score (nSPS) is 11.6. The predicted molar refractivity (Wildman–Crippen MR) is 68.1 cm³/mol. The van der Waals surface area contributed by atoms with Crippen molar-refractivity contribution < 1.29 is 9.53 Å². The van der Waals surface area contributed by atoms with Crippen LogP contribution in [0.3, 0.4) is 0 Å². The van der Waals surface area contributed by atoms with Crippen molar-refractivity contribution in [1.82, 2.24) is 20.1 Å². The number of amides is 1. The quantitative estimate of drug-likeness (QED) is 0.808. The maximum absolute atomic E-state index is 11.7. The highest BCUT2D eigenvalue weighted by Crippen LogP contribution is 2.12. The van der Waals surface area contributed by atoms with Crippen molar-refractivity contribution in [1.29, 1.82) is 0 Å². The second-order valence-electron chi connectivity index (χ2n) is 5.19. The number of aromatic nitrogens is 3. The van der Waals surface area contributed by atoms with E-state index in [1.165, 1.54) is 0 Å². The molecule has 6 heteroatoms. The molecule has 0 unspecified atom stereocenters. The van der Waals surface area contributed by atoms with Crippen LogP contribution in [0.4, 0.5) is 0 Å². The average molecular weight is 254 g/mol. The van der Waals surface area contributed by atoms with Gasteiger partial charge in [-0.3, -0.25) is 4.79 Å². The highest BCUT2D eigenvalue weighted by atomic mass is 16.5. The van der Waals surface area contributed by atoms with Gasteiger partial charge in [-0.15, -0.1) is 10.2 Å². The third kappa shape index (κ3) is 4.44. The topological polar surface area (TPSA) is 69.0 Å². The van der Waals surface area contributed by atoms with Gasteiger partial charge in [0, 0.05) is 32.0 Å². The fourth-order valence-electron chi connectivity index (χ4n) is 1.40. The van der Waals surface area contributed by atoms with Gasteiger partial charge in [0.2, 0.25) is 5.91 Å². The van der Waals surface area contributed by atoms with E-state index in [-0.39, 0.29) is 11.3 Å². The largest absolute Gasteiger partial charge is 0.383 e. The van der Waals surface area contributed by atoms with Gasteiger partial charge < -0.3 is 14.6 Å². The number of hydrogen-bond donors (Lipinski definition) is 1. The van der Waals surface area contributed by atoms with Crippen molar-refractivity contribution in [3.63, 3.8) is 0 Å². The lowest BCUT2D eigenvalue weighted by Crippen LogP contribution is -2.36. The van der Waals surface area contributed by atoms with E-state index >= 15 is 0 Å². The van der Waals surface area contributed by atoms with E-state index in [0.29, 0.717) is 19.6 Å². The minimum Gasteiger partial charge on any atom is -0.383 e. The zero-order chi connectivity index (χ0) is 13.6. The average Bonchev–Trinajstić information content (AvgIpc) is 2.72. The molecule has 6 nitrogen and oxygen atoms in total. The van der Waals surface area contributed by atoms with Crippen molar-refractivity contribution in [3.05, 3.63) is 12.2 Å². The van der Waals surface area contributed by atoms with Crippen molar-refractivity contribution in [3.8, 4) is 0 Å². The molecule has 0 aromatic carbocycles. The van der Waals surface area contributed by atoms with Gasteiger partial charge >= 0.3 is 0 Å². The Morgan fingerprint density at radius 3 is 2.83 bits per heavy atom. The summed E-state index contributed by atoms with van der Waals surface area (Å²) in [5.41, 5.74) is -0.357. The third-order valence-electron chi connectivity index (χ3n) is 2.55. The standard InChI is InChI=1S/C12H22N4O2/c1-12(2,3)11(17)13-6-5-10-15-14-9-16(10)7-8-18-4/h9H,5-8H2,1-4H3,(H,13,17). The molecule has 0 bridgehead atoms. The van der Waals surface area contributed by atoms with Crippen LogP contribution in [-0.2, 0) is 22.5 Å². The second kappa shape index (κ2) is 6.49. The maximum Gasteiger partial charge on any atom is 0.225 e. The number of methoxy groups -OCH3 is 1. The molecule has 1 N–H and O–H groups in total. The number of hydrogen-bond acceptors (Lipinski definition) is 4. The lowest BCUT2D eigenvalue weighted by atomic mass is 9.96. The SMILES string of the molecule is COCCn1cnnc1CCNC(=O)C(C)(C)C. The Morgan fingerprint density at radius 2 is 2.22 bits per heavy atom. The maximum atomic E-state index is 11.7. The first-order valence-electron chi connectivity index (χ1n) is 6.09. The van der Waals surface area contributed by atoms with Gasteiger partial charge in [-0.1, -0.05) is 20.8 Å². The molecule has 18 heavy (non-hydrogen) atoms. The lowest BCUT2D eigenvalue weighted by Gasteiger charge is -2.17. The molecule has 1 aromatic rings. The number of carbonyl (C=O) groups excluding carboxylic acids is 1. The van der Waals surface area contributed by atoms with E-state index in [0.717, 1.165) is 12.4 Å². The zero-order valence-corrected chi connectivity index (χ0v) is 11.6. The van der Waals surface area contributed by atoms with Crippen molar-refractivity contribution in [2.75, 3.05) is 20.3 Å². The molecular weight excluding hydrogens is 232 g/mol. The monoisotopic (exact) mass is 254 g/mol. The summed E-state index contributed by atoms with van der Waals surface area (Å²) in [6.07, 6.45) is 2.35. The highest BCUT2D eigenvalue weighted by Gasteiger charge is 2.20. The first kappa shape index (κ1) is 14.6. The van der Waals surface area contributed by atoms with Crippen LogP contribution < -0.4 is 5.32 Å². The molecular formula is C12H22N4O2. The number of carbonyl (C=O) groups is 1. The van der Waals surface area contributed by atoms with E-state index < -0.39 is 0 Å². The van der Waals surface area contributed by atoms with Crippen LogP contribution in [0.15, 0.2) is 6.33 Å². The van der Waals surface area contributed by atoms with Crippen LogP contribution in [0.2, 0.25) is 0 Å². The Labute approximate surface area is 108 Å². The summed E-state index contributed by atoms with van der Waals surface area (Å²) >= 11 is 0. The van der Waals surface area contributed by atoms with Crippen LogP contribution in [0.25, 0.3) is 0 Å². The predicted octanol–water partition coefficient (Wildman–Crippen LogP) is 0.629. The molecule has 0 radical (unpaired) electrons. The number of nitrogens with zero attached hydrogens (tertiary/aromatic N) is 3. The van der Waals surface area contributed by atoms with Crippen molar-refractivity contribution in [2.24, 2.45) is 5.41 Å². The van der Waals surface area contributed by atoms with Crippen molar-refractivity contribution in [2.45, 2.75) is 33.7 Å². The van der Waals surface area contributed by atoms with Crippen LogP contribution >= 0.6 is 0 Å². The Morgan fingerprint density at radius 1 is 1.50 bits per heavy atom. The fraction of sp³-hybridized carbons (Fsp3) is 0.750. The molecule has 102 valence electrons. The second-order valence-corrected chi connectivity index (χ2v) is 5.19. The molecule has 0 saturated heterocycles. The molecule has 0 saturated carbocycles. The van der Waals surface area contributed by atoms with E-state index in [2.05, 4.69) is 15.5 Å². The van der Waals surface area contributed by atoms with Gasteiger partial charge in [0.15, 0.2) is 0 Å². The lowest BCUT2D eigenvalue weighted by molar-refractivity contribution is -0.128. The van der Waals surface area contributed by atoms with Gasteiger partial charge in [-0.2, -0.15) is 0 Å². The van der Waals surface area contributed by atoms with Gasteiger partial charge in [0.1, 0.15) is 12.2 Å². The molecule has 0 fully saturated rings. The van der Waals surface area contributed by atoms with Crippen LogP contribution in [-0.4, -0.2) is 40.9 Å². The summed E-state index contributed by atoms with van der Waals surface area (Å²) in [6, 6.07) is 0. The first-order chi connectivity index (χ1) is 8.45. The molecule has 0 aliphatic rings. The highest BCUT2D eigenvalue weighted by molar-refractivity contribution is 5.81. The number of rotatable bonds is 6. The van der Waals surface area contributed by atoms with Gasteiger partial charge in [0.05, 0.1) is 6.61 Å². The van der Waals surface area contributed by atoms with E-state index in [1.54, 1.807) is 13.4 Å². The van der Waals surface area contributed by atoms with E-state index in [4.69, 9.17) is 4.74 Å². The summed E-state index contributed by atoms with van der Waals surface area (Å²) in [6.45, 7) is 7.60. The molecule has 0 atom stereocenters. The van der Waals surface area contributed by atoms with Gasteiger partial charge in [-0.25, -0.2) is 0 Å². The minimum absolute atomic E-state index is 0.0467. The smallest absolute Gasteiger partial charge is 0.225 e. The fourth-order valence-corrected chi connectivity index (χ4v) is 1.40.